The average molecular weight is 605 g/mol. The van der Waals surface area contributed by atoms with Gasteiger partial charge in [-0.05, 0) is 86.1 Å². The van der Waals surface area contributed by atoms with Crippen molar-refractivity contribution in [2.24, 2.45) is 0 Å². The molecule has 3 aromatic carbocycles. The number of carbonyl (C=O) groups is 4. The second-order valence-corrected chi connectivity index (χ2v) is 8.74. The van der Waals surface area contributed by atoms with Crippen molar-refractivity contribution in [3.63, 3.8) is 0 Å². The molecule has 0 amide bonds. The van der Waals surface area contributed by atoms with Crippen LogP contribution in [0.5, 0.6) is 23.0 Å². The number of aryl methyl sites for hydroxylation is 1. The molecule has 10 heteroatoms. The van der Waals surface area contributed by atoms with Crippen LogP contribution in [0.15, 0.2) is 91.5 Å². The van der Waals surface area contributed by atoms with Gasteiger partial charge in [0, 0.05) is 11.6 Å². The molecule has 0 spiro atoms. The summed E-state index contributed by atoms with van der Waals surface area (Å²) in [7, 11) is 0. The van der Waals surface area contributed by atoms with E-state index < -0.39 is 23.9 Å². The van der Waals surface area contributed by atoms with Crippen LogP contribution in [0.25, 0.3) is 0 Å². The van der Waals surface area contributed by atoms with Gasteiger partial charge in [0.2, 0.25) is 0 Å². The van der Waals surface area contributed by atoms with Crippen LogP contribution in [0, 0.1) is 6.92 Å². The highest BCUT2D eigenvalue weighted by Gasteiger charge is 2.14. The molecule has 232 valence electrons. The first-order chi connectivity index (χ1) is 21.2. The molecule has 3 rings (SSSR count). The van der Waals surface area contributed by atoms with Crippen LogP contribution in [0.3, 0.4) is 0 Å². The lowest BCUT2D eigenvalue weighted by Crippen LogP contribution is -2.13. The second kappa shape index (κ2) is 18.2. The molecule has 0 saturated heterocycles. The number of hydrogen-bond acceptors (Lipinski definition) is 10. The van der Waals surface area contributed by atoms with Gasteiger partial charge in [0.15, 0.2) is 0 Å². The molecule has 0 aliphatic rings. The number of ether oxygens (including phenoxy) is 6. The first-order valence-electron chi connectivity index (χ1n) is 13.8. The normalized spacial score (nSPS) is 9.82. The van der Waals surface area contributed by atoms with Crippen LogP contribution < -0.4 is 18.9 Å². The zero-order valence-electron chi connectivity index (χ0n) is 25.3. The molecular weight excluding hydrogens is 568 g/mol. The lowest BCUT2D eigenvalue weighted by molar-refractivity contribution is -0.140. The molecule has 0 bridgehead atoms. The zero-order valence-corrected chi connectivity index (χ0v) is 25.3. The highest BCUT2D eigenvalue weighted by molar-refractivity contribution is 5.92. The lowest BCUT2D eigenvalue weighted by Gasteiger charge is -2.11. The number of carbonyl (C=O) groups excluding carboxylic acids is 4. The molecule has 44 heavy (non-hydrogen) atoms. The molecular formula is C34H36O10. The zero-order chi connectivity index (χ0) is 32.5. The van der Waals surface area contributed by atoms with Crippen molar-refractivity contribution in [1.29, 1.82) is 0 Å². The fraction of sp³-hybridized carbons (Fsp3) is 0.235. The van der Waals surface area contributed by atoms with Gasteiger partial charge in [-0.25, -0.2) is 19.2 Å². The molecule has 0 aliphatic carbocycles. The SMILES string of the molecule is C=CC(=O)OCCOc1ccc(C(=O)Oc2ccc(OC(=O)c3ccc(OCCOC(=O)C(=C)C)cc3)c(C)c2)cc1.CC. The predicted octanol–water partition coefficient (Wildman–Crippen LogP) is 6.07. The van der Waals surface area contributed by atoms with Crippen molar-refractivity contribution in [1.82, 2.24) is 0 Å². The Morgan fingerprint density at radius 2 is 1.16 bits per heavy atom. The summed E-state index contributed by atoms with van der Waals surface area (Å²) in [4.78, 5) is 47.6. The Bertz CT molecular complexity index is 1440. The van der Waals surface area contributed by atoms with Gasteiger partial charge in [-0.1, -0.05) is 27.0 Å². The Hall–Kier alpha value is -5.38. The maximum absolute atomic E-state index is 12.6. The summed E-state index contributed by atoms with van der Waals surface area (Å²) >= 11 is 0. The second-order valence-electron chi connectivity index (χ2n) is 8.74. The maximum atomic E-state index is 12.6. The molecule has 0 heterocycles. The van der Waals surface area contributed by atoms with Gasteiger partial charge in [0.05, 0.1) is 11.1 Å². The minimum atomic E-state index is -0.582. The van der Waals surface area contributed by atoms with Gasteiger partial charge in [-0.2, -0.15) is 0 Å². The number of rotatable bonds is 14. The van der Waals surface area contributed by atoms with E-state index in [2.05, 4.69) is 13.2 Å². The van der Waals surface area contributed by atoms with Crippen molar-refractivity contribution in [3.8, 4) is 23.0 Å². The van der Waals surface area contributed by atoms with E-state index in [1.165, 1.54) is 12.1 Å². The van der Waals surface area contributed by atoms with E-state index >= 15 is 0 Å². The standard InChI is InChI=1S/C32H30O10.C2H6/c1-5-29(33)39-18-16-37-25-10-6-23(7-11-25)31(35)41-27-14-15-28(22(4)20-27)42-32(36)24-8-12-26(13-9-24)38-17-19-40-30(34)21(2)3;1-2/h5-15,20H,1-2,16-19H2,3-4H3;1-2H3. The van der Waals surface area contributed by atoms with Crippen molar-refractivity contribution < 1.29 is 47.6 Å². The smallest absolute Gasteiger partial charge is 0.343 e. The third-order valence-electron chi connectivity index (χ3n) is 5.44. The fourth-order valence-corrected chi connectivity index (χ4v) is 3.28. The van der Waals surface area contributed by atoms with Gasteiger partial charge in [0.1, 0.15) is 49.4 Å². The first kappa shape index (κ1) is 34.8. The van der Waals surface area contributed by atoms with Crippen LogP contribution in [0.4, 0.5) is 0 Å². The number of hydrogen-bond donors (Lipinski definition) is 0. The van der Waals surface area contributed by atoms with E-state index in [-0.39, 0.29) is 32.2 Å². The van der Waals surface area contributed by atoms with Crippen LogP contribution in [-0.4, -0.2) is 50.3 Å². The van der Waals surface area contributed by atoms with Crippen molar-refractivity contribution >= 4 is 23.9 Å². The highest BCUT2D eigenvalue weighted by atomic mass is 16.6. The summed E-state index contributed by atoms with van der Waals surface area (Å²) in [6.07, 6.45) is 1.07. The molecule has 0 N–H and O–H groups in total. The van der Waals surface area contributed by atoms with E-state index in [0.29, 0.717) is 39.5 Å². The molecule has 3 aromatic rings. The Morgan fingerprint density at radius 1 is 0.682 bits per heavy atom. The van der Waals surface area contributed by atoms with E-state index in [1.54, 1.807) is 68.4 Å². The molecule has 0 aromatic heterocycles. The molecule has 10 nitrogen and oxygen atoms in total. The monoisotopic (exact) mass is 604 g/mol. The van der Waals surface area contributed by atoms with E-state index in [9.17, 15) is 19.2 Å². The van der Waals surface area contributed by atoms with E-state index in [0.717, 1.165) is 6.08 Å². The Labute approximate surface area is 256 Å². The number of esters is 4. The van der Waals surface area contributed by atoms with Crippen molar-refractivity contribution in [2.75, 3.05) is 26.4 Å². The van der Waals surface area contributed by atoms with Gasteiger partial charge in [-0.3, -0.25) is 0 Å². The van der Waals surface area contributed by atoms with Gasteiger partial charge < -0.3 is 28.4 Å². The summed E-state index contributed by atoms with van der Waals surface area (Å²) in [6, 6.07) is 17.2. The summed E-state index contributed by atoms with van der Waals surface area (Å²) in [5.41, 5.74) is 1.49. The quantitative estimate of drug-likeness (QED) is 0.0927. The van der Waals surface area contributed by atoms with Crippen molar-refractivity contribution in [2.45, 2.75) is 27.7 Å². The van der Waals surface area contributed by atoms with Crippen LogP contribution in [0.1, 0.15) is 47.1 Å². The molecule has 0 aliphatic heterocycles. The third-order valence-corrected chi connectivity index (χ3v) is 5.44. The minimum Gasteiger partial charge on any atom is -0.490 e. The predicted molar refractivity (Wildman–Crippen MR) is 163 cm³/mol. The average Bonchev–Trinajstić information content (AvgIpc) is 3.03. The molecule has 0 fully saturated rings. The fourth-order valence-electron chi connectivity index (χ4n) is 3.28. The Kier molecular flexibility index (Phi) is 14.4. The number of benzene rings is 3. The van der Waals surface area contributed by atoms with Crippen LogP contribution in [-0.2, 0) is 19.1 Å². The van der Waals surface area contributed by atoms with E-state index in [1.807, 2.05) is 13.8 Å². The topological polar surface area (TPSA) is 124 Å². The van der Waals surface area contributed by atoms with Crippen LogP contribution in [0.2, 0.25) is 0 Å². The summed E-state index contributed by atoms with van der Waals surface area (Å²) in [5, 5.41) is 0. The first-order valence-corrected chi connectivity index (χ1v) is 13.8. The summed E-state index contributed by atoms with van der Waals surface area (Å²) in [5.74, 6) is -0.614. The van der Waals surface area contributed by atoms with Gasteiger partial charge in [0.25, 0.3) is 0 Å². The molecule has 0 radical (unpaired) electrons. The van der Waals surface area contributed by atoms with Gasteiger partial charge in [-0.15, -0.1) is 0 Å². The van der Waals surface area contributed by atoms with Crippen LogP contribution >= 0.6 is 0 Å². The largest absolute Gasteiger partial charge is 0.490 e. The summed E-state index contributed by atoms with van der Waals surface area (Å²) < 4.78 is 31.7. The maximum Gasteiger partial charge on any atom is 0.343 e. The summed E-state index contributed by atoms with van der Waals surface area (Å²) in [6.45, 7) is 14.5. The van der Waals surface area contributed by atoms with Gasteiger partial charge >= 0.3 is 23.9 Å². The van der Waals surface area contributed by atoms with Crippen molar-refractivity contribution in [3.05, 3.63) is 108 Å². The molecule has 0 saturated carbocycles. The molecule has 0 unspecified atom stereocenters. The Morgan fingerprint density at radius 3 is 1.64 bits per heavy atom. The third kappa shape index (κ3) is 11.5. The minimum absolute atomic E-state index is 0.0678. The van der Waals surface area contributed by atoms with E-state index in [4.69, 9.17) is 28.4 Å². The Balaban J connectivity index is 0.00000330. The highest BCUT2D eigenvalue weighted by Crippen LogP contribution is 2.25. The molecule has 0 atom stereocenters. The lowest BCUT2D eigenvalue weighted by atomic mass is 10.2.